The van der Waals surface area contributed by atoms with Gasteiger partial charge in [0.2, 0.25) is 0 Å². The minimum absolute atomic E-state index is 0.665. The Labute approximate surface area is 69.2 Å². The number of nitrogens with zero attached hydrogens (tertiary/aromatic N) is 1. The van der Waals surface area contributed by atoms with Crippen LogP contribution >= 0.6 is 22.9 Å². The molecular formula is C6H9ClN2S. The predicted molar refractivity (Wildman–Crippen MR) is 44.5 cm³/mol. The Bertz CT molecular complexity index is 164. The molecule has 10 heavy (non-hydrogen) atoms. The summed E-state index contributed by atoms with van der Waals surface area (Å²) in [6, 6.07) is 0. The van der Waals surface area contributed by atoms with Crippen LogP contribution in [0.15, 0.2) is 11.7 Å². The Hall–Kier alpha value is -0.120. The Morgan fingerprint density at radius 3 is 3.20 bits per heavy atom. The van der Waals surface area contributed by atoms with Gasteiger partial charge in [-0.05, 0) is 0 Å². The third-order valence-corrected chi connectivity index (χ3v) is 2.02. The van der Waals surface area contributed by atoms with Crippen molar-refractivity contribution in [3.8, 4) is 0 Å². The van der Waals surface area contributed by atoms with Crippen molar-refractivity contribution in [1.82, 2.24) is 10.3 Å². The maximum absolute atomic E-state index is 5.47. The van der Waals surface area contributed by atoms with Crippen LogP contribution in [0.1, 0.15) is 4.88 Å². The lowest BCUT2D eigenvalue weighted by Gasteiger charge is -1.96. The van der Waals surface area contributed by atoms with Gasteiger partial charge in [0, 0.05) is 30.0 Å². The molecule has 0 radical (unpaired) electrons. The molecule has 0 aliphatic carbocycles. The van der Waals surface area contributed by atoms with Gasteiger partial charge in [0.1, 0.15) is 0 Å². The van der Waals surface area contributed by atoms with Crippen LogP contribution in [0.3, 0.4) is 0 Å². The lowest BCUT2D eigenvalue weighted by Crippen LogP contribution is -2.14. The Morgan fingerprint density at radius 2 is 2.60 bits per heavy atom. The molecule has 1 heterocycles. The quantitative estimate of drug-likeness (QED) is 0.555. The van der Waals surface area contributed by atoms with Gasteiger partial charge in [-0.1, -0.05) is 0 Å². The maximum Gasteiger partial charge on any atom is 0.0794 e. The minimum Gasteiger partial charge on any atom is -0.311 e. The van der Waals surface area contributed by atoms with Crippen molar-refractivity contribution in [2.45, 2.75) is 6.54 Å². The van der Waals surface area contributed by atoms with Gasteiger partial charge in [0.25, 0.3) is 0 Å². The molecule has 56 valence electrons. The molecule has 0 unspecified atom stereocenters. The minimum atomic E-state index is 0.665. The average Bonchev–Trinajstić information content (AvgIpc) is 2.41. The van der Waals surface area contributed by atoms with Crippen LogP contribution < -0.4 is 5.32 Å². The number of thiazole rings is 1. The molecule has 0 saturated carbocycles. The highest BCUT2D eigenvalue weighted by Gasteiger charge is 1.91. The zero-order valence-electron chi connectivity index (χ0n) is 5.51. The second-order valence-corrected chi connectivity index (χ2v) is 3.18. The molecule has 1 aromatic heterocycles. The lowest BCUT2D eigenvalue weighted by molar-refractivity contribution is 0.738. The van der Waals surface area contributed by atoms with Gasteiger partial charge in [-0.2, -0.15) is 0 Å². The molecule has 0 bridgehead atoms. The van der Waals surface area contributed by atoms with Crippen molar-refractivity contribution in [3.63, 3.8) is 0 Å². The van der Waals surface area contributed by atoms with E-state index in [0.717, 1.165) is 13.1 Å². The molecule has 1 N–H and O–H groups in total. The second-order valence-electron chi connectivity index (χ2n) is 1.83. The number of hydrogen-bond acceptors (Lipinski definition) is 3. The molecule has 2 nitrogen and oxygen atoms in total. The molecule has 1 rings (SSSR count). The van der Waals surface area contributed by atoms with Crippen molar-refractivity contribution < 1.29 is 0 Å². The van der Waals surface area contributed by atoms with E-state index in [1.54, 1.807) is 11.3 Å². The van der Waals surface area contributed by atoms with Gasteiger partial charge >= 0.3 is 0 Å². The summed E-state index contributed by atoms with van der Waals surface area (Å²) >= 11 is 7.12. The fourth-order valence-electron chi connectivity index (χ4n) is 0.608. The normalized spacial score (nSPS) is 10.1. The third kappa shape index (κ3) is 2.64. The lowest BCUT2D eigenvalue weighted by atomic mass is 10.5. The summed E-state index contributed by atoms with van der Waals surface area (Å²) in [6.07, 6.45) is 1.87. The molecular weight excluding hydrogens is 168 g/mol. The molecule has 1 aromatic rings. The number of nitrogens with one attached hydrogen (secondary N) is 1. The molecule has 0 aliphatic rings. The Balaban J connectivity index is 2.15. The molecule has 0 atom stereocenters. The number of halogens is 1. The number of rotatable bonds is 4. The first kappa shape index (κ1) is 7.98. The smallest absolute Gasteiger partial charge is 0.0794 e. The first-order valence-corrected chi connectivity index (χ1v) is 4.49. The average molecular weight is 177 g/mol. The predicted octanol–water partition coefficient (Wildman–Crippen LogP) is 1.47. The van der Waals surface area contributed by atoms with Gasteiger partial charge in [-0.25, -0.2) is 0 Å². The van der Waals surface area contributed by atoms with Crippen molar-refractivity contribution in [1.29, 1.82) is 0 Å². The monoisotopic (exact) mass is 176 g/mol. The van der Waals surface area contributed by atoms with Gasteiger partial charge < -0.3 is 5.32 Å². The van der Waals surface area contributed by atoms with Crippen molar-refractivity contribution in [2.75, 3.05) is 12.4 Å². The molecule has 0 saturated heterocycles. The van der Waals surface area contributed by atoms with Gasteiger partial charge in [-0.15, -0.1) is 22.9 Å². The van der Waals surface area contributed by atoms with Crippen LogP contribution in [0, 0.1) is 0 Å². The fraction of sp³-hybridized carbons (Fsp3) is 0.500. The number of hydrogen-bond donors (Lipinski definition) is 1. The van der Waals surface area contributed by atoms with Crippen molar-refractivity contribution >= 4 is 22.9 Å². The van der Waals surface area contributed by atoms with E-state index < -0.39 is 0 Å². The van der Waals surface area contributed by atoms with E-state index in [4.69, 9.17) is 11.6 Å². The highest BCUT2D eigenvalue weighted by molar-refractivity contribution is 7.09. The van der Waals surface area contributed by atoms with Crippen molar-refractivity contribution in [3.05, 3.63) is 16.6 Å². The summed E-state index contributed by atoms with van der Waals surface area (Å²) < 4.78 is 0. The fourth-order valence-corrected chi connectivity index (χ4v) is 1.31. The first-order valence-electron chi connectivity index (χ1n) is 3.07. The van der Waals surface area contributed by atoms with E-state index in [2.05, 4.69) is 10.3 Å². The van der Waals surface area contributed by atoms with Crippen LogP contribution in [0.4, 0.5) is 0 Å². The standard InChI is InChI=1S/C6H9ClN2S/c7-1-2-8-3-6-4-9-5-10-6/h4-5,8H,1-3H2. The zero-order valence-corrected chi connectivity index (χ0v) is 7.08. The summed E-state index contributed by atoms with van der Waals surface area (Å²) in [7, 11) is 0. The maximum atomic E-state index is 5.47. The molecule has 0 aliphatic heterocycles. The van der Waals surface area contributed by atoms with E-state index in [-0.39, 0.29) is 0 Å². The summed E-state index contributed by atoms with van der Waals surface area (Å²) in [6.45, 7) is 1.75. The largest absolute Gasteiger partial charge is 0.311 e. The zero-order chi connectivity index (χ0) is 7.23. The summed E-state index contributed by atoms with van der Waals surface area (Å²) in [5, 5.41) is 3.18. The second kappa shape index (κ2) is 4.66. The molecule has 0 spiro atoms. The van der Waals surface area contributed by atoms with Crippen molar-refractivity contribution in [2.24, 2.45) is 0 Å². The number of aromatic nitrogens is 1. The van der Waals surface area contributed by atoms with Crippen LogP contribution in [0.2, 0.25) is 0 Å². The molecule has 0 fully saturated rings. The molecule has 4 heteroatoms. The van der Waals surface area contributed by atoms with Crippen LogP contribution in [-0.2, 0) is 6.54 Å². The Morgan fingerprint density at radius 1 is 1.70 bits per heavy atom. The first-order chi connectivity index (χ1) is 4.93. The molecule has 0 aromatic carbocycles. The highest BCUT2D eigenvalue weighted by Crippen LogP contribution is 2.03. The van der Waals surface area contributed by atoms with E-state index in [1.807, 2.05) is 11.7 Å². The van der Waals surface area contributed by atoms with Crippen LogP contribution in [0.25, 0.3) is 0 Å². The SMILES string of the molecule is ClCCNCc1cncs1. The summed E-state index contributed by atoms with van der Waals surface area (Å²) in [4.78, 5) is 5.20. The van der Waals surface area contributed by atoms with E-state index >= 15 is 0 Å². The van der Waals surface area contributed by atoms with Crippen LogP contribution in [-0.4, -0.2) is 17.4 Å². The topological polar surface area (TPSA) is 24.9 Å². The third-order valence-electron chi connectivity index (χ3n) is 1.05. The van der Waals surface area contributed by atoms with E-state index in [9.17, 15) is 0 Å². The van der Waals surface area contributed by atoms with Crippen LogP contribution in [0.5, 0.6) is 0 Å². The van der Waals surface area contributed by atoms with Gasteiger partial charge in [0.05, 0.1) is 5.51 Å². The van der Waals surface area contributed by atoms with E-state index in [0.29, 0.717) is 5.88 Å². The number of alkyl halides is 1. The summed E-state index contributed by atoms with van der Waals surface area (Å²) in [5.74, 6) is 0.665. The van der Waals surface area contributed by atoms with E-state index in [1.165, 1.54) is 4.88 Å². The molecule has 0 amide bonds. The summed E-state index contributed by atoms with van der Waals surface area (Å²) in [5.41, 5.74) is 1.83. The highest BCUT2D eigenvalue weighted by atomic mass is 35.5. The van der Waals surface area contributed by atoms with Gasteiger partial charge in [0.15, 0.2) is 0 Å². The Kier molecular flexibility index (Phi) is 3.72. The van der Waals surface area contributed by atoms with Gasteiger partial charge in [-0.3, -0.25) is 4.98 Å².